The van der Waals surface area contributed by atoms with E-state index in [1.54, 1.807) is 0 Å². The summed E-state index contributed by atoms with van der Waals surface area (Å²) in [5.41, 5.74) is 8.84. The monoisotopic (exact) mass is 342 g/mol. The summed E-state index contributed by atoms with van der Waals surface area (Å²) in [5.74, 6) is 0.599. The summed E-state index contributed by atoms with van der Waals surface area (Å²) in [6.07, 6.45) is 1.51. The van der Waals surface area contributed by atoms with Crippen LogP contribution in [0.3, 0.4) is 0 Å². The maximum atomic E-state index is 6.21. The Labute approximate surface area is 144 Å². The van der Waals surface area contributed by atoms with E-state index < -0.39 is 0 Å². The van der Waals surface area contributed by atoms with Gasteiger partial charge in [0.15, 0.2) is 5.82 Å². The highest BCUT2D eigenvalue weighted by Crippen LogP contribution is 2.34. The van der Waals surface area contributed by atoms with Gasteiger partial charge in [-0.1, -0.05) is 35.5 Å². The van der Waals surface area contributed by atoms with Crippen LogP contribution in [0.2, 0.25) is 5.02 Å². The van der Waals surface area contributed by atoms with Gasteiger partial charge in [-0.15, -0.1) is 0 Å². The minimum absolute atomic E-state index is 0.522. The van der Waals surface area contributed by atoms with Crippen molar-refractivity contribution in [3.63, 3.8) is 0 Å². The molecule has 1 aromatic heterocycles. The molecule has 0 fully saturated rings. The summed E-state index contributed by atoms with van der Waals surface area (Å²) in [6.45, 7) is 2.04. The average Bonchev–Trinajstić information content (AvgIpc) is 2.53. The number of nitrogen functional groups attached to an aromatic ring is 1. The highest BCUT2D eigenvalue weighted by atomic mass is 35.5. The van der Waals surface area contributed by atoms with E-state index in [0.29, 0.717) is 21.6 Å². The molecule has 0 bridgehead atoms. The van der Waals surface area contributed by atoms with Crippen LogP contribution in [-0.2, 0) is 0 Å². The Balaban J connectivity index is 1.84. The Kier molecular flexibility index (Phi) is 4.69. The molecule has 0 aliphatic carbocycles. The van der Waals surface area contributed by atoms with Gasteiger partial charge in [0.25, 0.3) is 0 Å². The van der Waals surface area contributed by atoms with E-state index in [-0.39, 0.29) is 0 Å². The summed E-state index contributed by atoms with van der Waals surface area (Å²) in [5, 5.41) is 4.64. The molecule has 0 spiro atoms. The van der Waals surface area contributed by atoms with Crippen molar-refractivity contribution < 1.29 is 0 Å². The highest BCUT2D eigenvalue weighted by Gasteiger charge is 2.10. The van der Waals surface area contributed by atoms with Crippen LogP contribution in [-0.4, -0.2) is 9.97 Å². The van der Waals surface area contributed by atoms with Crippen LogP contribution in [0, 0.1) is 6.92 Å². The normalized spacial score (nSPS) is 10.5. The third-order valence-corrected chi connectivity index (χ3v) is 4.43. The number of benzene rings is 2. The standard InChI is InChI=1S/C17H15ClN4S/c1-11-3-2-4-13(9-11)22-16-15(19)17(21-10-20-16)23-14-7-5-12(18)6-8-14/h2-10H,19H2,1H3,(H,20,21,22). The van der Waals surface area contributed by atoms with Gasteiger partial charge in [0, 0.05) is 15.6 Å². The Morgan fingerprint density at radius 2 is 1.87 bits per heavy atom. The lowest BCUT2D eigenvalue weighted by molar-refractivity contribution is 1.06. The number of hydrogen-bond donors (Lipinski definition) is 2. The van der Waals surface area contributed by atoms with Crippen molar-refractivity contribution in [3.05, 3.63) is 65.4 Å². The second-order valence-corrected chi connectivity index (χ2v) is 6.49. The molecule has 3 rings (SSSR count). The lowest BCUT2D eigenvalue weighted by Gasteiger charge is -2.11. The van der Waals surface area contributed by atoms with Gasteiger partial charge < -0.3 is 11.1 Å². The first-order chi connectivity index (χ1) is 11.1. The fraction of sp³-hybridized carbons (Fsp3) is 0.0588. The molecular weight excluding hydrogens is 328 g/mol. The number of nitrogens with one attached hydrogen (secondary N) is 1. The molecule has 0 atom stereocenters. The van der Waals surface area contributed by atoms with Gasteiger partial charge in [-0.05, 0) is 48.9 Å². The lowest BCUT2D eigenvalue weighted by Crippen LogP contribution is -2.02. The second kappa shape index (κ2) is 6.89. The van der Waals surface area contributed by atoms with E-state index >= 15 is 0 Å². The number of rotatable bonds is 4. The number of aromatic nitrogens is 2. The molecule has 3 aromatic rings. The Morgan fingerprint density at radius 1 is 1.09 bits per heavy atom. The number of anilines is 3. The molecule has 3 N–H and O–H groups in total. The molecule has 116 valence electrons. The average molecular weight is 343 g/mol. The number of nitrogens with zero attached hydrogens (tertiary/aromatic N) is 2. The third kappa shape index (κ3) is 3.94. The Hall–Kier alpha value is -2.24. The molecule has 2 aromatic carbocycles. The largest absolute Gasteiger partial charge is 0.394 e. The maximum absolute atomic E-state index is 6.21. The number of hydrogen-bond acceptors (Lipinski definition) is 5. The summed E-state index contributed by atoms with van der Waals surface area (Å²) >= 11 is 7.38. The summed E-state index contributed by atoms with van der Waals surface area (Å²) in [7, 11) is 0. The fourth-order valence-corrected chi connectivity index (χ4v) is 2.96. The Bertz CT molecular complexity index is 821. The van der Waals surface area contributed by atoms with E-state index in [0.717, 1.165) is 10.6 Å². The summed E-state index contributed by atoms with van der Waals surface area (Å²) in [4.78, 5) is 9.52. The van der Waals surface area contributed by atoms with Crippen LogP contribution in [0.1, 0.15) is 5.56 Å². The molecule has 0 saturated heterocycles. The first-order valence-electron chi connectivity index (χ1n) is 6.99. The third-order valence-electron chi connectivity index (χ3n) is 3.16. The van der Waals surface area contributed by atoms with Crippen molar-refractivity contribution in [1.29, 1.82) is 0 Å². The Morgan fingerprint density at radius 3 is 2.61 bits per heavy atom. The minimum Gasteiger partial charge on any atom is -0.394 e. The highest BCUT2D eigenvalue weighted by molar-refractivity contribution is 7.99. The predicted molar refractivity (Wildman–Crippen MR) is 96.5 cm³/mol. The van der Waals surface area contributed by atoms with Crippen molar-refractivity contribution >= 4 is 40.6 Å². The predicted octanol–water partition coefficient (Wildman–Crippen LogP) is 4.92. The topological polar surface area (TPSA) is 63.8 Å². The smallest absolute Gasteiger partial charge is 0.158 e. The van der Waals surface area contributed by atoms with Gasteiger partial charge in [0.05, 0.1) is 0 Å². The van der Waals surface area contributed by atoms with E-state index in [1.165, 1.54) is 23.7 Å². The van der Waals surface area contributed by atoms with Gasteiger partial charge in [0.2, 0.25) is 0 Å². The fourth-order valence-electron chi connectivity index (χ4n) is 2.03. The first-order valence-corrected chi connectivity index (χ1v) is 8.19. The zero-order valence-corrected chi connectivity index (χ0v) is 14.0. The zero-order valence-electron chi connectivity index (χ0n) is 12.5. The van der Waals surface area contributed by atoms with Crippen LogP contribution in [0.15, 0.2) is 64.8 Å². The summed E-state index contributed by atoms with van der Waals surface area (Å²) in [6, 6.07) is 15.6. The SMILES string of the molecule is Cc1cccc(Nc2ncnc(Sc3ccc(Cl)cc3)c2N)c1. The van der Waals surface area contributed by atoms with Gasteiger partial charge in [-0.3, -0.25) is 0 Å². The minimum atomic E-state index is 0.522. The first kappa shape index (κ1) is 15.6. The van der Waals surface area contributed by atoms with Gasteiger partial charge in [-0.25, -0.2) is 9.97 Å². The number of aryl methyl sites for hydroxylation is 1. The van der Waals surface area contributed by atoms with Crippen molar-refractivity contribution in [2.75, 3.05) is 11.1 Å². The number of halogens is 1. The van der Waals surface area contributed by atoms with E-state index in [4.69, 9.17) is 17.3 Å². The van der Waals surface area contributed by atoms with E-state index in [2.05, 4.69) is 15.3 Å². The van der Waals surface area contributed by atoms with Gasteiger partial charge in [0.1, 0.15) is 17.0 Å². The van der Waals surface area contributed by atoms with Crippen molar-refractivity contribution in [2.24, 2.45) is 0 Å². The van der Waals surface area contributed by atoms with E-state index in [1.807, 2.05) is 55.5 Å². The van der Waals surface area contributed by atoms with Gasteiger partial charge in [-0.2, -0.15) is 0 Å². The molecule has 23 heavy (non-hydrogen) atoms. The van der Waals surface area contributed by atoms with Crippen LogP contribution in [0.25, 0.3) is 0 Å². The molecule has 0 radical (unpaired) electrons. The molecule has 0 aliphatic rings. The van der Waals surface area contributed by atoms with Crippen molar-refractivity contribution in [3.8, 4) is 0 Å². The van der Waals surface area contributed by atoms with Gasteiger partial charge >= 0.3 is 0 Å². The molecule has 0 saturated carbocycles. The van der Waals surface area contributed by atoms with Crippen LogP contribution in [0.4, 0.5) is 17.2 Å². The van der Waals surface area contributed by atoms with Crippen molar-refractivity contribution in [1.82, 2.24) is 9.97 Å². The van der Waals surface area contributed by atoms with E-state index in [9.17, 15) is 0 Å². The molecule has 0 aliphatic heterocycles. The molecule has 1 heterocycles. The molecule has 0 amide bonds. The number of nitrogens with two attached hydrogens (primary N) is 1. The maximum Gasteiger partial charge on any atom is 0.158 e. The van der Waals surface area contributed by atoms with Crippen molar-refractivity contribution in [2.45, 2.75) is 16.8 Å². The molecule has 6 heteroatoms. The van der Waals surface area contributed by atoms with Crippen LogP contribution < -0.4 is 11.1 Å². The van der Waals surface area contributed by atoms with Crippen LogP contribution in [0.5, 0.6) is 0 Å². The lowest BCUT2D eigenvalue weighted by atomic mass is 10.2. The zero-order chi connectivity index (χ0) is 16.2. The molecule has 0 unspecified atom stereocenters. The molecule has 4 nitrogen and oxygen atoms in total. The molecular formula is C17H15ClN4S. The quantitative estimate of drug-likeness (QED) is 0.659. The van der Waals surface area contributed by atoms with Crippen LogP contribution >= 0.6 is 23.4 Å². The second-order valence-electron chi connectivity index (χ2n) is 4.99. The summed E-state index contributed by atoms with van der Waals surface area (Å²) < 4.78 is 0.